The molecule has 1 unspecified atom stereocenters. The van der Waals surface area contributed by atoms with E-state index in [-0.39, 0.29) is 32.6 Å². The van der Waals surface area contributed by atoms with Gasteiger partial charge < -0.3 is 20.1 Å². The van der Waals surface area contributed by atoms with Crippen LogP contribution in [0.1, 0.15) is 181 Å². The van der Waals surface area contributed by atoms with Crippen LogP contribution in [0.4, 0.5) is 0 Å². The Morgan fingerprint density at radius 1 is 0.564 bits per heavy atom. The first kappa shape index (κ1) is 52.7. The summed E-state index contributed by atoms with van der Waals surface area (Å²) in [6, 6.07) is 0. The number of rotatable bonds is 40. The molecule has 0 aromatic rings. The van der Waals surface area contributed by atoms with Crippen molar-refractivity contribution in [3.63, 3.8) is 0 Å². The smallest absolute Gasteiger partial charge is 0.462 e. The second kappa shape index (κ2) is 41.3. The number of unbranched alkanes of at least 4 members (excludes halogenated alkanes) is 17. The molecule has 0 rings (SSSR count). The zero-order valence-electron chi connectivity index (χ0n) is 34.9. The molecule has 10 heteroatoms. The minimum absolute atomic E-state index is 0.0471. The number of ether oxygens (including phenoxy) is 2. The van der Waals surface area contributed by atoms with Gasteiger partial charge in [-0.2, -0.15) is 0 Å². The summed E-state index contributed by atoms with van der Waals surface area (Å²) in [5, 5.41) is 0. The number of carbonyl (C=O) groups is 2. The van der Waals surface area contributed by atoms with Crippen molar-refractivity contribution in [2.75, 3.05) is 26.4 Å². The van der Waals surface area contributed by atoms with Crippen LogP contribution in [-0.4, -0.2) is 49.3 Å². The lowest BCUT2D eigenvalue weighted by Gasteiger charge is -2.19. The summed E-state index contributed by atoms with van der Waals surface area (Å²) < 4.78 is 32.8. The Morgan fingerprint density at radius 2 is 1.00 bits per heavy atom. The first-order valence-corrected chi connectivity index (χ1v) is 23.3. The minimum atomic E-state index is -4.38. The topological polar surface area (TPSA) is 134 Å². The van der Waals surface area contributed by atoms with Gasteiger partial charge in [0.05, 0.1) is 13.2 Å². The van der Waals surface area contributed by atoms with Crippen LogP contribution in [0, 0.1) is 0 Å². The second-order valence-corrected chi connectivity index (χ2v) is 15.6. The first-order valence-electron chi connectivity index (χ1n) is 21.8. The van der Waals surface area contributed by atoms with Gasteiger partial charge in [-0.1, -0.05) is 171 Å². The molecule has 9 nitrogen and oxygen atoms in total. The van der Waals surface area contributed by atoms with E-state index in [1.165, 1.54) is 70.6 Å². The Hall–Kier alpha value is -2.29. The van der Waals surface area contributed by atoms with Gasteiger partial charge >= 0.3 is 19.8 Å². The molecule has 0 spiro atoms. The molecule has 0 bridgehead atoms. The summed E-state index contributed by atoms with van der Waals surface area (Å²) in [5.41, 5.74) is 5.34. The van der Waals surface area contributed by atoms with Crippen molar-refractivity contribution >= 4 is 19.8 Å². The van der Waals surface area contributed by atoms with E-state index in [9.17, 15) is 19.0 Å². The van der Waals surface area contributed by atoms with Crippen LogP contribution in [0.15, 0.2) is 60.8 Å². The lowest BCUT2D eigenvalue weighted by Crippen LogP contribution is -2.29. The number of hydrogen-bond acceptors (Lipinski definition) is 8. The molecule has 0 radical (unpaired) electrons. The van der Waals surface area contributed by atoms with Crippen LogP contribution in [0.25, 0.3) is 0 Å². The Morgan fingerprint density at radius 3 is 1.49 bits per heavy atom. The van der Waals surface area contributed by atoms with Crippen molar-refractivity contribution in [1.82, 2.24) is 0 Å². The molecule has 0 aromatic carbocycles. The van der Waals surface area contributed by atoms with Crippen LogP contribution in [0.5, 0.6) is 0 Å². The van der Waals surface area contributed by atoms with E-state index in [4.69, 9.17) is 24.3 Å². The first-order chi connectivity index (χ1) is 26.8. The number of nitrogens with two attached hydrogens (primary N) is 1. The number of carbonyl (C=O) groups excluding carboxylic acids is 2. The average Bonchev–Trinajstić information content (AvgIpc) is 3.17. The van der Waals surface area contributed by atoms with Crippen LogP contribution < -0.4 is 5.73 Å². The lowest BCUT2D eigenvalue weighted by atomic mass is 10.0. The molecule has 0 fully saturated rings. The van der Waals surface area contributed by atoms with Gasteiger partial charge in [-0.15, -0.1) is 0 Å². The highest BCUT2D eigenvalue weighted by atomic mass is 31.2. The van der Waals surface area contributed by atoms with Crippen LogP contribution in [0.3, 0.4) is 0 Å². The number of phosphoric ester groups is 1. The molecular weight excluding hydrogens is 713 g/mol. The quantitative estimate of drug-likeness (QED) is 0.0269. The highest BCUT2D eigenvalue weighted by molar-refractivity contribution is 7.47. The molecule has 0 saturated heterocycles. The molecule has 0 aromatic heterocycles. The van der Waals surface area contributed by atoms with Gasteiger partial charge in [0.15, 0.2) is 6.10 Å². The van der Waals surface area contributed by atoms with E-state index in [1.807, 2.05) is 0 Å². The maximum Gasteiger partial charge on any atom is 0.472 e. The summed E-state index contributed by atoms with van der Waals surface area (Å²) >= 11 is 0. The molecule has 0 aliphatic carbocycles. The molecule has 0 aliphatic heterocycles. The zero-order valence-corrected chi connectivity index (χ0v) is 35.8. The van der Waals surface area contributed by atoms with Crippen molar-refractivity contribution in [1.29, 1.82) is 0 Å². The predicted molar refractivity (Wildman–Crippen MR) is 229 cm³/mol. The second-order valence-electron chi connectivity index (χ2n) is 14.2. The normalized spacial score (nSPS) is 13.9. The maximum absolute atomic E-state index is 12.6. The fourth-order valence-electron chi connectivity index (χ4n) is 5.72. The van der Waals surface area contributed by atoms with E-state index in [1.54, 1.807) is 0 Å². The van der Waals surface area contributed by atoms with Crippen LogP contribution in [-0.2, 0) is 32.7 Å². The van der Waals surface area contributed by atoms with Gasteiger partial charge in [0.2, 0.25) is 0 Å². The molecule has 0 saturated carbocycles. The molecule has 2 atom stereocenters. The summed E-state index contributed by atoms with van der Waals surface area (Å²) in [6.45, 7) is 3.58. The fourth-order valence-corrected chi connectivity index (χ4v) is 6.48. The molecule has 0 aliphatic rings. The Labute approximate surface area is 336 Å². The summed E-state index contributed by atoms with van der Waals surface area (Å²) in [5.74, 6) is -0.866. The lowest BCUT2D eigenvalue weighted by molar-refractivity contribution is -0.161. The van der Waals surface area contributed by atoms with Gasteiger partial charge in [0, 0.05) is 19.4 Å². The third kappa shape index (κ3) is 41.2. The number of esters is 2. The van der Waals surface area contributed by atoms with Crippen molar-refractivity contribution in [2.24, 2.45) is 5.73 Å². The minimum Gasteiger partial charge on any atom is -0.462 e. The van der Waals surface area contributed by atoms with Gasteiger partial charge in [0.1, 0.15) is 6.61 Å². The van der Waals surface area contributed by atoms with Crippen molar-refractivity contribution < 1.29 is 37.6 Å². The van der Waals surface area contributed by atoms with E-state index >= 15 is 0 Å². The SMILES string of the molecule is CC/C=C\C/C=C\C/C=C\C/C=C\C/C=C\CCCCCC(=O)OC[C@H](COP(=O)(O)OCCN)OC(=O)CCCCCCCCCCCCCCCCC. The molecule has 0 amide bonds. The summed E-state index contributed by atoms with van der Waals surface area (Å²) in [6.07, 6.45) is 48.2. The highest BCUT2D eigenvalue weighted by Gasteiger charge is 2.26. The number of allylic oxidation sites excluding steroid dienone is 10. The van der Waals surface area contributed by atoms with E-state index in [2.05, 4.69) is 74.6 Å². The van der Waals surface area contributed by atoms with E-state index < -0.39 is 32.5 Å². The van der Waals surface area contributed by atoms with Crippen molar-refractivity contribution in [3.05, 3.63) is 60.8 Å². The molecular formula is C45H80NO8P. The van der Waals surface area contributed by atoms with Gasteiger partial charge in [0.25, 0.3) is 0 Å². The maximum atomic E-state index is 12.6. The van der Waals surface area contributed by atoms with E-state index in [0.29, 0.717) is 12.8 Å². The molecule has 55 heavy (non-hydrogen) atoms. The molecule has 0 heterocycles. The van der Waals surface area contributed by atoms with Crippen molar-refractivity contribution in [3.8, 4) is 0 Å². The number of phosphoric acid groups is 1. The summed E-state index contributed by atoms with van der Waals surface area (Å²) in [4.78, 5) is 34.9. The predicted octanol–water partition coefficient (Wildman–Crippen LogP) is 12.5. The molecule has 318 valence electrons. The average molecular weight is 794 g/mol. The Kier molecular flexibility index (Phi) is 39.6. The largest absolute Gasteiger partial charge is 0.472 e. The summed E-state index contributed by atoms with van der Waals surface area (Å²) in [7, 11) is -4.38. The van der Waals surface area contributed by atoms with Gasteiger partial charge in [-0.05, 0) is 57.8 Å². The van der Waals surface area contributed by atoms with Crippen LogP contribution in [0.2, 0.25) is 0 Å². The Bertz CT molecular complexity index is 1090. The fraction of sp³-hybridized carbons (Fsp3) is 0.733. The van der Waals surface area contributed by atoms with E-state index in [0.717, 1.165) is 70.6 Å². The monoisotopic (exact) mass is 794 g/mol. The highest BCUT2D eigenvalue weighted by Crippen LogP contribution is 2.43. The van der Waals surface area contributed by atoms with Crippen molar-refractivity contribution in [2.45, 2.75) is 187 Å². The van der Waals surface area contributed by atoms with Crippen LogP contribution >= 0.6 is 7.82 Å². The third-order valence-electron chi connectivity index (χ3n) is 8.92. The third-order valence-corrected chi connectivity index (χ3v) is 9.90. The van der Waals surface area contributed by atoms with Gasteiger partial charge in [-0.3, -0.25) is 18.6 Å². The number of hydrogen-bond donors (Lipinski definition) is 2. The Balaban J connectivity index is 4.21. The molecule has 3 N–H and O–H groups in total. The zero-order chi connectivity index (χ0) is 40.3. The standard InChI is InChI=1S/C45H80NO8P/c1-3-5-7-9-11-13-15-17-19-20-21-22-24-25-27-29-31-33-35-37-44(47)51-41-43(42-53-55(49,50)52-40-39-46)54-45(48)38-36-34-32-30-28-26-23-18-16-14-12-10-8-6-4-2/h5,7,11,13,17,19,21-22,25,27,43H,3-4,6,8-10,12,14-16,18,20,23-24,26,28-42,46H2,1-2H3,(H,49,50)/b7-5-,13-11-,19-17-,22-21-,27-25-/t43-/m1/s1. The van der Waals surface area contributed by atoms with Gasteiger partial charge in [-0.25, -0.2) is 4.57 Å².